The van der Waals surface area contributed by atoms with E-state index < -0.39 is 42.6 Å². The molecule has 0 saturated carbocycles. The van der Waals surface area contributed by atoms with E-state index in [0.29, 0.717) is 0 Å². The summed E-state index contributed by atoms with van der Waals surface area (Å²) in [5, 5.41) is 0. The molecule has 0 amide bonds. The average Bonchev–Trinajstić information content (AvgIpc) is 3.16. The Bertz CT molecular complexity index is 1050. The normalized spacial score (nSPS) is 14.1. The first-order valence-electron chi connectivity index (χ1n) is 8.00. The molecule has 0 radical (unpaired) electrons. The Morgan fingerprint density at radius 3 is 1.41 bits per heavy atom. The maximum absolute atomic E-state index is 12.0. The van der Waals surface area contributed by atoms with Crippen molar-refractivity contribution in [2.75, 3.05) is 6.79 Å². The average molecular weight is 396 g/mol. The van der Waals surface area contributed by atoms with Gasteiger partial charge in [0.25, 0.3) is 0 Å². The molecule has 10 heteroatoms. The van der Waals surface area contributed by atoms with E-state index in [0.717, 1.165) is 12.1 Å². The van der Waals surface area contributed by atoms with Crippen molar-refractivity contribution in [1.82, 2.24) is 0 Å². The maximum Gasteiger partial charge on any atom is 0.346 e. The van der Waals surface area contributed by atoms with Crippen LogP contribution in [0.25, 0.3) is 0 Å². The van der Waals surface area contributed by atoms with Crippen LogP contribution in [0.2, 0.25) is 0 Å². The maximum atomic E-state index is 12.0. The number of cyclic esters (lactones) is 4. The number of carbonyl (C=O) groups excluding carboxylic acids is 6. The molecule has 0 aromatic heterocycles. The van der Waals surface area contributed by atoms with Gasteiger partial charge in [-0.05, 0) is 36.4 Å². The Morgan fingerprint density at radius 2 is 1.00 bits per heavy atom. The van der Waals surface area contributed by atoms with Gasteiger partial charge in [-0.2, -0.15) is 0 Å². The molecule has 0 spiro atoms. The second-order valence-electron chi connectivity index (χ2n) is 5.86. The number of esters is 6. The molecule has 0 unspecified atom stereocenters. The summed E-state index contributed by atoms with van der Waals surface area (Å²) in [6.07, 6.45) is 0. The molecule has 2 aliphatic rings. The minimum Gasteiger partial charge on any atom is -0.424 e. The molecule has 2 heterocycles. The first kappa shape index (κ1) is 18.0. The van der Waals surface area contributed by atoms with Crippen molar-refractivity contribution in [2.24, 2.45) is 0 Å². The van der Waals surface area contributed by atoms with Gasteiger partial charge in [-0.15, -0.1) is 0 Å². The molecule has 4 rings (SSSR count). The molecular weight excluding hydrogens is 388 g/mol. The number of carbonyl (C=O) groups is 6. The second kappa shape index (κ2) is 6.68. The van der Waals surface area contributed by atoms with Crippen molar-refractivity contribution in [3.05, 3.63) is 69.8 Å². The third-order valence-corrected chi connectivity index (χ3v) is 4.14. The Hall–Kier alpha value is -4.34. The van der Waals surface area contributed by atoms with Gasteiger partial charge in [0.2, 0.25) is 6.79 Å². The van der Waals surface area contributed by atoms with E-state index in [1.54, 1.807) is 0 Å². The van der Waals surface area contributed by atoms with Gasteiger partial charge in [0, 0.05) is 0 Å². The molecular formula is C19H8O10. The smallest absolute Gasteiger partial charge is 0.346 e. The van der Waals surface area contributed by atoms with Crippen LogP contribution >= 0.6 is 0 Å². The van der Waals surface area contributed by atoms with E-state index in [-0.39, 0.29) is 33.4 Å². The van der Waals surface area contributed by atoms with E-state index in [2.05, 4.69) is 9.47 Å². The van der Waals surface area contributed by atoms with Crippen molar-refractivity contribution in [1.29, 1.82) is 0 Å². The van der Waals surface area contributed by atoms with Gasteiger partial charge in [-0.3, -0.25) is 0 Å². The van der Waals surface area contributed by atoms with Gasteiger partial charge >= 0.3 is 35.8 Å². The molecule has 10 nitrogen and oxygen atoms in total. The number of rotatable bonds is 4. The molecule has 0 N–H and O–H groups in total. The van der Waals surface area contributed by atoms with E-state index in [1.807, 2.05) is 0 Å². The topological polar surface area (TPSA) is 139 Å². The van der Waals surface area contributed by atoms with Crippen molar-refractivity contribution in [2.45, 2.75) is 0 Å². The summed E-state index contributed by atoms with van der Waals surface area (Å²) in [7, 11) is 0. The summed E-state index contributed by atoms with van der Waals surface area (Å²) in [5.41, 5.74) is -0.171. The highest BCUT2D eigenvalue weighted by atomic mass is 16.7. The van der Waals surface area contributed by atoms with Crippen molar-refractivity contribution >= 4 is 35.8 Å². The van der Waals surface area contributed by atoms with Gasteiger partial charge in [-0.25, -0.2) is 28.8 Å². The summed E-state index contributed by atoms with van der Waals surface area (Å²) in [5.74, 6) is -5.18. The van der Waals surface area contributed by atoms with E-state index in [9.17, 15) is 28.8 Å². The van der Waals surface area contributed by atoms with Crippen molar-refractivity contribution in [3.63, 3.8) is 0 Å². The van der Waals surface area contributed by atoms with Crippen LogP contribution in [-0.4, -0.2) is 42.6 Å². The molecule has 0 atom stereocenters. The highest BCUT2D eigenvalue weighted by molar-refractivity contribution is 6.16. The predicted octanol–water partition coefficient (Wildman–Crippen LogP) is 1.28. The summed E-state index contributed by atoms with van der Waals surface area (Å²) >= 11 is 0. The zero-order valence-electron chi connectivity index (χ0n) is 14.3. The summed E-state index contributed by atoms with van der Waals surface area (Å²) in [4.78, 5) is 69.9. The fourth-order valence-corrected chi connectivity index (χ4v) is 2.73. The number of benzene rings is 2. The fraction of sp³-hybridized carbons (Fsp3) is 0.0526. The van der Waals surface area contributed by atoms with Crippen molar-refractivity contribution < 1.29 is 47.7 Å². The monoisotopic (exact) mass is 396 g/mol. The number of fused-ring (bicyclic) bond motifs is 2. The lowest BCUT2D eigenvalue weighted by atomic mass is 10.1. The van der Waals surface area contributed by atoms with Crippen LogP contribution in [0, 0.1) is 0 Å². The SMILES string of the molecule is O=C(OCOC(=O)c1ccc2c(c1)C(=O)OC2=O)c1ccc2c(c1)C(=O)OC2=O. The molecule has 0 saturated heterocycles. The Morgan fingerprint density at radius 1 is 0.621 bits per heavy atom. The Balaban J connectivity index is 1.38. The molecule has 29 heavy (non-hydrogen) atoms. The predicted molar refractivity (Wildman–Crippen MR) is 88.1 cm³/mol. The van der Waals surface area contributed by atoms with Crippen LogP contribution in [0.4, 0.5) is 0 Å². The fourth-order valence-electron chi connectivity index (χ4n) is 2.73. The van der Waals surface area contributed by atoms with Crippen LogP contribution in [0.15, 0.2) is 36.4 Å². The summed E-state index contributed by atoms with van der Waals surface area (Å²) in [6.45, 7) is -0.751. The van der Waals surface area contributed by atoms with Gasteiger partial charge in [0.1, 0.15) is 0 Å². The van der Waals surface area contributed by atoms with E-state index in [4.69, 9.17) is 9.47 Å². The molecule has 0 fully saturated rings. The van der Waals surface area contributed by atoms with Crippen LogP contribution < -0.4 is 0 Å². The number of hydrogen-bond donors (Lipinski definition) is 0. The van der Waals surface area contributed by atoms with E-state index in [1.165, 1.54) is 24.3 Å². The minimum atomic E-state index is -0.907. The van der Waals surface area contributed by atoms with Gasteiger partial charge in [0.05, 0.1) is 33.4 Å². The highest BCUT2D eigenvalue weighted by Crippen LogP contribution is 2.23. The summed E-state index contributed by atoms with van der Waals surface area (Å²) in [6, 6.07) is 7.27. The van der Waals surface area contributed by atoms with Crippen LogP contribution in [-0.2, 0) is 18.9 Å². The molecule has 2 aliphatic heterocycles. The largest absolute Gasteiger partial charge is 0.424 e. The van der Waals surface area contributed by atoms with Crippen molar-refractivity contribution in [3.8, 4) is 0 Å². The standard InChI is InChI=1S/C19H8O10/c20-14(8-1-3-10-12(5-8)18(24)28-16(10)22)26-7-27-15(21)9-2-4-11-13(6-9)19(25)29-17(11)23/h1-6H,7H2. The minimum absolute atomic E-state index is 0.0339. The molecule has 0 aliphatic carbocycles. The first-order valence-corrected chi connectivity index (χ1v) is 8.00. The number of hydrogen-bond acceptors (Lipinski definition) is 10. The van der Waals surface area contributed by atoms with Crippen LogP contribution in [0.1, 0.15) is 62.1 Å². The molecule has 0 bridgehead atoms. The van der Waals surface area contributed by atoms with Crippen LogP contribution in [0.5, 0.6) is 0 Å². The number of ether oxygens (including phenoxy) is 4. The molecule has 2 aromatic rings. The summed E-state index contributed by atoms with van der Waals surface area (Å²) < 4.78 is 18.5. The molecule has 144 valence electrons. The van der Waals surface area contributed by atoms with E-state index >= 15 is 0 Å². The Kier molecular flexibility index (Phi) is 4.15. The van der Waals surface area contributed by atoms with Crippen LogP contribution in [0.3, 0.4) is 0 Å². The third-order valence-electron chi connectivity index (χ3n) is 4.14. The Labute approximate surface area is 160 Å². The highest BCUT2D eigenvalue weighted by Gasteiger charge is 2.31. The zero-order chi connectivity index (χ0) is 20.7. The lowest BCUT2D eigenvalue weighted by molar-refractivity contribution is -0.0168. The lowest BCUT2D eigenvalue weighted by Crippen LogP contribution is -2.14. The third kappa shape index (κ3) is 3.12. The zero-order valence-corrected chi connectivity index (χ0v) is 14.3. The quantitative estimate of drug-likeness (QED) is 0.321. The van der Waals surface area contributed by atoms with Gasteiger partial charge in [0.15, 0.2) is 0 Å². The lowest BCUT2D eigenvalue weighted by Gasteiger charge is -2.07. The van der Waals surface area contributed by atoms with Gasteiger partial charge in [-0.1, -0.05) is 0 Å². The first-order chi connectivity index (χ1) is 13.8. The molecule has 2 aromatic carbocycles. The second-order valence-corrected chi connectivity index (χ2v) is 5.86. The van der Waals surface area contributed by atoms with Gasteiger partial charge < -0.3 is 18.9 Å².